The Kier molecular flexibility index (Phi) is 6.62. The van der Waals surface area contributed by atoms with Gasteiger partial charge in [0.2, 0.25) is 0 Å². The molecular formula is C22H21Cl2N3O2. The van der Waals surface area contributed by atoms with Crippen molar-refractivity contribution in [2.75, 3.05) is 7.11 Å². The van der Waals surface area contributed by atoms with Crippen molar-refractivity contribution in [3.63, 3.8) is 0 Å². The van der Waals surface area contributed by atoms with Gasteiger partial charge in [-0.1, -0.05) is 29.3 Å². The highest BCUT2D eigenvalue weighted by Crippen LogP contribution is 2.24. The molecule has 0 amide bonds. The van der Waals surface area contributed by atoms with Gasteiger partial charge in [-0.3, -0.25) is 0 Å². The molecule has 0 aliphatic rings. The van der Waals surface area contributed by atoms with Gasteiger partial charge in [0.15, 0.2) is 0 Å². The number of methoxy groups -OCH3 is 1. The van der Waals surface area contributed by atoms with Crippen LogP contribution < -0.4 is 5.43 Å². The number of carbonyl (C=O) groups is 1. The minimum absolute atomic E-state index is 0.352. The van der Waals surface area contributed by atoms with Gasteiger partial charge in [-0.25, -0.2) is 4.79 Å². The van der Waals surface area contributed by atoms with Crippen molar-refractivity contribution in [1.29, 1.82) is 0 Å². The second kappa shape index (κ2) is 9.16. The van der Waals surface area contributed by atoms with Crippen LogP contribution in [0, 0.1) is 13.8 Å². The smallest absolute Gasteiger partial charge is 0.337 e. The fourth-order valence-electron chi connectivity index (χ4n) is 3.12. The molecule has 29 heavy (non-hydrogen) atoms. The Labute approximate surface area is 179 Å². The topological polar surface area (TPSA) is 55.6 Å². The predicted molar refractivity (Wildman–Crippen MR) is 117 cm³/mol. The Balaban J connectivity index is 1.75. The molecule has 7 heteroatoms. The number of hydrogen-bond acceptors (Lipinski definition) is 4. The second-order valence-corrected chi connectivity index (χ2v) is 7.31. The number of rotatable bonds is 6. The van der Waals surface area contributed by atoms with E-state index in [9.17, 15) is 4.79 Å². The van der Waals surface area contributed by atoms with E-state index in [0.29, 0.717) is 22.2 Å². The molecule has 3 aromatic rings. The number of hydrogen-bond donors (Lipinski definition) is 1. The van der Waals surface area contributed by atoms with E-state index in [1.54, 1.807) is 30.5 Å². The summed E-state index contributed by atoms with van der Waals surface area (Å²) in [7, 11) is 1.37. The van der Waals surface area contributed by atoms with Crippen LogP contribution in [0.5, 0.6) is 0 Å². The molecule has 0 fully saturated rings. The van der Waals surface area contributed by atoms with Crippen molar-refractivity contribution in [2.24, 2.45) is 5.10 Å². The first-order valence-electron chi connectivity index (χ1n) is 8.99. The zero-order chi connectivity index (χ0) is 21.0. The molecule has 1 heterocycles. The van der Waals surface area contributed by atoms with Crippen molar-refractivity contribution >= 4 is 35.4 Å². The van der Waals surface area contributed by atoms with Crippen molar-refractivity contribution in [3.8, 4) is 5.69 Å². The molecular weight excluding hydrogens is 409 g/mol. The van der Waals surface area contributed by atoms with E-state index in [1.165, 1.54) is 7.11 Å². The lowest BCUT2D eigenvalue weighted by molar-refractivity contribution is 0.0601. The molecule has 2 aromatic carbocycles. The van der Waals surface area contributed by atoms with E-state index >= 15 is 0 Å². The zero-order valence-corrected chi connectivity index (χ0v) is 17.9. The van der Waals surface area contributed by atoms with Crippen LogP contribution in [0.15, 0.2) is 53.6 Å². The molecule has 0 bridgehead atoms. The number of nitrogens with one attached hydrogen (secondary N) is 1. The second-order valence-electron chi connectivity index (χ2n) is 6.49. The van der Waals surface area contributed by atoms with E-state index in [4.69, 9.17) is 27.9 Å². The van der Waals surface area contributed by atoms with Crippen molar-refractivity contribution < 1.29 is 9.53 Å². The molecule has 3 rings (SSSR count). The van der Waals surface area contributed by atoms with Gasteiger partial charge in [-0.05, 0) is 56.3 Å². The molecule has 0 aliphatic heterocycles. The number of ether oxygens (including phenoxy) is 1. The molecule has 0 saturated heterocycles. The Hall–Kier alpha value is -2.76. The highest BCUT2D eigenvalue weighted by Gasteiger charge is 2.11. The normalized spacial score (nSPS) is 11.1. The third-order valence-electron chi connectivity index (χ3n) is 4.63. The van der Waals surface area contributed by atoms with Crippen LogP contribution in [0.4, 0.5) is 0 Å². The number of nitrogens with zero attached hydrogens (tertiary/aromatic N) is 2. The molecule has 1 N–H and O–H groups in total. The van der Waals surface area contributed by atoms with E-state index in [2.05, 4.69) is 21.2 Å². The minimum Gasteiger partial charge on any atom is -0.465 e. The van der Waals surface area contributed by atoms with Gasteiger partial charge < -0.3 is 14.7 Å². The molecule has 5 nitrogen and oxygen atoms in total. The Morgan fingerprint density at radius 1 is 1.14 bits per heavy atom. The van der Waals surface area contributed by atoms with Gasteiger partial charge in [0.25, 0.3) is 0 Å². The number of benzene rings is 2. The van der Waals surface area contributed by atoms with Gasteiger partial charge in [0.1, 0.15) is 0 Å². The summed E-state index contributed by atoms with van der Waals surface area (Å²) in [5.74, 6) is -0.352. The molecule has 0 atom stereocenters. The van der Waals surface area contributed by atoms with Crippen LogP contribution >= 0.6 is 23.2 Å². The minimum atomic E-state index is -0.352. The first-order chi connectivity index (χ1) is 13.9. The van der Waals surface area contributed by atoms with Crippen molar-refractivity contribution in [1.82, 2.24) is 9.99 Å². The van der Waals surface area contributed by atoms with Crippen LogP contribution in [0.3, 0.4) is 0 Å². The Bertz CT molecular complexity index is 1040. The van der Waals surface area contributed by atoms with Gasteiger partial charge >= 0.3 is 5.97 Å². The summed E-state index contributed by atoms with van der Waals surface area (Å²) in [4.78, 5) is 11.6. The number of esters is 1. The number of halogens is 2. The summed E-state index contributed by atoms with van der Waals surface area (Å²) in [5, 5.41) is 5.52. The van der Waals surface area contributed by atoms with Crippen LogP contribution in [0.2, 0.25) is 10.0 Å². The van der Waals surface area contributed by atoms with Gasteiger partial charge in [-0.2, -0.15) is 5.10 Å². The molecule has 0 radical (unpaired) electrons. The molecule has 1 aromatic heterocycles. The number of aryl methyl sites for hydroxylation is 1. The predicted octanol–water partition coefficient (Wildman–Crippen LogP) is 5.31. The van der Waals surface area contributed by atoms with E-state index < -0.39 is 0 Å². The lowest BCUT2D eigenvalue weighted by Crippen LogP contribution is -2.07. The summed E-state index contributed by atoms with van der Waals surface area (Å²) in [5.41, 5.74) is 8.36. The summed E-state index contributed by atoms with van der Waals surface area (Å²) >= 11 is 12.3. The lowest BCUT2D eigenvalue weighted by Gasteiger charge is -2.10. The number of carbonyl (C=O) groups excluding carboxylic acids is 1. The standard InChI is InChI=1S/C22H21Cl2N3O2/c1-14-11-17(12-25-26-13-19-20(23)5-4-6-21(19)24)15(2)27(14)18-9-7-16(8-10-18)22(28)29-3/h4-12,26H,13H2,1-3H3/b25-12+. The highest BCUT2D eigenvalue weighted by atomic mass is 35.5. The maximum Gasteiger partial charge on any atom is 0.337 e. The maximum absolute atomic E-state index is 11.6. The Morgan fingerprint density at radius 2 is 1.79 bits per heavy atom. The fraction of sp³-hybridized carbons (Fsp3) is 0.182. The third kappa shape index (κ3) is 4.63. The van der Waals surface area contributed by atoms with Gasteiger partial charge in [-0.15, -0.1) is 0 Å². The Morgan fingerprint density at radius 3 is 2.41 bits per heavy atom. The van der Waals surface area contributed by atoms with Gasteiger partial charge in [0.05, 0.1) is 25.4 Å². The van der Waals surface area contributed by atoms with E-state index in [0.717, 1.165) is 28.2 Å². The van der Waals surface area contributed by atoms with Crippen molar-refractivity contribution in [3.05, 3.63) is 86.7 Å². The average Bonchev–Trinajstić information content (AvgIpc) is 2.99. The quantitative estimate of drug-likeness (QED) is 0.328. The molecule has 0 aliphatic carbocycles. The first kappa shape index (κ1) is 21.0. The van der Waals surface area contributed by atoms with Crippen LogP contribution in [-0.2, 0) is 11.3 Å². The van der Waals surface area contributed by atoms with Crippen LogP contribution in [-0.4, -0.2) is 23.9 Å². The zero-order valence-electron chi connectivity index (χ0n) is 16.4. The molecule has 0 spiro atoms. The monoisotopic (exact) mass is 429 g/mol. The van der Waals surface area contributed by atoms with E-state index in [1.807, 2.05) is 32.0 Å². The summed E-state index contributed by atoms with van der Waals surface area (Å²) in [6.07, 6.45) is 1.77. The summed E-state index contributed by atoms with van der Waals surface area (Å²) < 4.78 is 6.85. The summed E-state index contributed by atoms with van der Waals surface area (Å²) in [6.45, 7) is 4.48. The molecule has 0 unspecified atom stereocenters. The summed E-state index contributed by atoms with van der Waals surface area (Å²) in [6, 6.07) is 14.8. The maximum atomic E-state index is 11.6. The largest absolute Gasteiger partial charge is 0.465 e. The van der Waals surface area contributed by atoms with E-state index in [-0.39, 0.29) is 5.97 Å². The lowest BCUT2D eigenvalue weighted by atomic mass is 10.2. The fourth-order valence-corrected chi connectivity index (χ4v) is 3.65. The number of aromatic nitrogens is 1. The van der Waals surface area contributed by atoms with Crippen LogP contribution in [0.1, 0.15) is 32.9 Å². The molecule has 0 saturated carbocycles. The average molecular weight is 430 g/mol. The number of hydrazone groups is 1. The van der Waals surface area contributed by atoms with Crippen molar-refractivity contribution in [2.45, 2.75) is 20.4 Å². The highest BCUT2D eigenvalue weighted by molar-refractivity contribution is 6.35. The molecule has 150 valence electrons. The first-order valence-corrected chi connectivity index (χ1v) is 9.74. The SMILES string of the molecule is COC(=O)c1ccc(-n2c(C)cc(/C=N/NCc3c(Cl)cccc3Cl)c2C)cc1. The van der Waals surface area contributed by atoms with Crippen LogP contribution in [0.25, 0.3) is 5.69 Å². The third-order valence-corrected chi connectivity index (χ3v) is 5.34. The van der Waals surface area contributed by atoms with Gasteiger partial charge in [0, 0.05) is 38.2 Å².